The molecule has 0 bridgehead atoms. The highest BCUT2D eigenvalue weighted by atomic mass is 32.2. The van der Waals surface area contributed by atoms with Crippen LogP contribution in [0.15, 0.2) is 16.5 Å². The molecule has 0 unspecified atom stereocenters. The Bertz CT molecular complexity index is 849. The summed E-state index contributed by atoms with van der Waals surface area (Å²) in [4.78, 5) is 2.29. The number of anilines is 1. The number of aromatic nitrogens is 3. The minimum absolute atomic E-state index is 0.0973. The predicted octanol–water partition coefficient (Wildman–Crippen LogP) is 2.05. The van der Waals surface area contributed by atoms with Crippen molar-refractivity contribution in [2.75, 3.05) is 35.8 Å². The number of sulfone groups is 1. The fourth-order valence-electron chi connectivity index (χ4n) is 3.04. The van der Waals surface area contributed by atoms with Crippen LogP contribution in [-0.2, 0) is 22.1 Å². The van der Waals surface area contributed by atoms with Crippen molar-refractivity contribution in [2.24, 2.45) is 5.92 Å². The molecule has 136 valence electrons. The van der Waals surface area contributed by atoms with E-state index in [1.807, 2.05) is 11.8 Å². The second kappa shape index (κ2) is 6.68. The molecular weight excluding hydrogens is 360 g/mol. The van der Waals surface area contributed by atoms with E-state index < -0.39 is 9.84 Å². The standard InChI is InChI=1S/C16H22N4O3S2/c1-25(21,22)11-13-4-5-14(23-13)15-17-18-16(19-6-8-24-9-7-19)20(15)10-12-2-3-12/h4-5,12H,2-3,6-11H2,1H3. The van der Waals surface area contributed by atoms with Gasteiger partial charge in [-0.1, -0.05) is 0 Å². The van der Waals surface area contributed by atoms with Crippen molar-refractivity contribution in [1.29, 1.82) is 0 Å². The van der Waals surface area contributed by atoms with E-state index in [4.69, 9.17) is 4.42 Å². The number of rotatable bonds is 6. The fourth-order valence-corrected chi connectivity index (χ4v) is 4.61. The quantitative estimate of drug-likeness (QED) is 0.756. The summed E-state index contributed by atoms with van der Waals surface area (Å²) < 4.78 is 30.9. The van der Waals surface area contributed by atoms with Crippen LogP contribution in [0.1, 0.15) is 18.6 Å². The first-order chi connectivity index (χ1) is 12.0. The number of furan rings is 1. The first-order valence-electron chi connectivity index (χ1n) is 8.52. The normalized spacial score (nSPS) is 18.7. The molecule has 2 aromatic rings. The highest BCUT2D eigenvalue weighted by Crippen LogP contribution is 2.35. The molecule has 2 aromatic heterocycles. The monoisotopic (exact) mass is 382 g/mol. The van der Waals surface area contributed by atoms with E-state index in [-0.39, 0.29) is 5.75 Å². The van der Waals surface area contributed by atoms with Gasteiger partial charge >= 0.3 is 0 Å². The van der Waals surface area contributed by atoms with Crippen molar-refractivity contribution in [1.82, 2.24) is 14.8 Å². The van der Waals surface area contributed by atoms with Gasteiger partial charge in [0.15, 0.2) is 15.6 Å². The number of thioether (sulfide) groups is 1. The van der Waals surface area contributed by atoms with E-state index in [1.165, 1.54) is 19.1 Å². The molecule has 2 fully saturated rings. The third-order valence-electron chi connectivity index (χ3n) is 4.45. The molecule has 25 heavy (non-hydrogen) atoms. The topological polar surface area (TPSA) is 81.2 Å². The van der Waals surface area contributed by atoms with Gasteiger partial charge in [0.2, 0.25) is 11.8 Å². The van der Waals surface area contributed by atoms with E-state index in [0.29, 0.717) is 23.3 Å². The highest BCUT2D eigenvalue weighted by Gasteiger charge is 2.28. The van der Waals surface area contributed by atoms with Crippen LogP contribution in [0.4, 0.5) is 5.95 Å². The summed E-state index contributed by atoms with van der Waals surface area (Å²) in [5.41, 5.74) is 0. The lowest BCUT2D eigenvalue weighted by atomic mass is 10.3. The first kappa shape index (κ1) is 17.0. The van der Waals surface area contributed by atoms with E-state index in [0.717, 1.165) is 37.1 Å². The van der Waals surface area contributed by atoms with Crippen molar-refractivity contribution in [3.63, 3.8) is 0 Å². The van der Waals surface area contributed by atoms with Crippen molar-refractivity contribution in [3.8, 4) is 11.6 Å². The van der Waals surface area contributed by atoms with Gasteiger partial charge in [-0.25, -0.2) is 8.42 Å². The lowest BCUT2D eigenvalue weighted by Gasteiger charge is -2.27. The van der Waals surface area contributed by atoms with Gasteiger partial charge in [-0.3, -0.25) is 4.57 Å². The molecule has 7 nitrogen and oxygen atoms in total. The Balaban J connectivity index is 1.65. The van der Waals surface area contributed by atoms with Gasteiger partial charge in [0, 0.05) is 37.4 Å². The van der Waals surface area contributed by atoms with Gasteiger partial charge < -0.3 is 9.32 Å². The van der Waals surface area contributed by atoms with Gasteiger partial charge in [0.25, 0.3) is 0 Å². The average Bonchev–Trinajstić information content (AvgIpc) is 3.11. The molecule has 0 spiro atoms. The molecule has 0 aromatic carbocycles. The molecule has 0 amide bonds. The van der Waals surface area contributed by atoms with Gasteiger partial charge in [0.1, 0.15) is 11.5 Å². The Kier molecular flexibility index (Phi) is 4.53. The van der Waals surface area contributed by atoms with Gasteiger partial charge in [0.05, 0.1) is 0 Å². The molecule has 0 N–H and O–H groups in total. The summed E-state index contributed by atoms with van der Waals surface area (Å²) >= 11 is 1.96. The van der Waals surface area contributed by atoms with Crippen LogP contribution in [0.25, 0.3) is 11.6 Å². The molecular formula is C16H22N4O3S2. The van der Waals surface area contributed by atoms with Crippen LogP contribution >= 0.6 is 11.8 Å². The fraction of sp³-hybridized carbons (Fsp3) is 0.625. The van der Waals surface area contributed by atoms with Crippen molar-refractivity contribution >= 4 is 27.5 Å². The summed E-state index contributed by atoms with van der Waals surface area (Å²) in [5, 5.41) is 8.81. The van der Waals surface area contributed by atoms with E-state index in [1.54, 1.807) is 12.1 Å². The van der Waals surface area contributed by atoms with Crippen molar-refractivity contribution < 1.29 is 12.8 Å². The van der Waals surface area contributed by atoms with Crippen molar-refractivity contribution in [2.45, 2.75) is 25.1 Å². The lowest BCUT2D eigenvalue weighted by Crippen LogP contribution is -2.34. The largest absolute Gasteiger partial charge is 0.457 e. The maximum Gasteiger partial charge on any atom is 0.227 e. The highest BCUT2D eigenvalue weighted by molar-refractivity contribution is 7.99. The van der Waals surface area contributed by atoms with Crippen LogP contribution in [0.2, 0.25) is 0 Å². The van der Waals surface area contributed by atoms with E-state index in [9.17, 15) is 8.42 Å². The Labute approximate surface area is 151 Å². The molecule has 0 atom stereocenters. The zero-order valence-electron chi connectivity index (χ0n) is 14.2. The summed E-state index contributed by atoms with van der Waals surface area (Å²) in [7, 11) is -3.12. The maximum atomic E-state index is 11.5. The number of hydrogen-bond acceptors (Lipinski definition) is 7. The number of nitrogens with zero attached hydrogens (tertiary/aromatic N) is 4. The molecule has 1 saturated heterocycles. The Morgan fingerprint density at radius 2 is 2.00 bits per heavy atom. The zero-order chi connectivity index (χ0) is 17.4. The summed E-state index contributed by atoms with van der Waals surface area (Å²) in [6.45, 7) is 2.85. The summed E-state index contributed by atoms with van der Waals surface area (Å²) in [6.07, 6.45) is 3.69. The second-order valence-electron chi connectivity index (χ2n) is 6.81. The van der Waals surface area contributed by atoms with Crippen LogP contribution in [-0.4, -0.2) is 54.0 Å². The molecule has 3 heterocycles. The van der Waals surface area contributed by atoms with Crippen molar-refractivity contribution in [3.05, 3.63) is 17.9 Å². The molecule has 1 saturated carbocycles. The zero-order valence-corrected chi connectivity index (χ0v) is 15.9. The Morgan fingerprint density at radius 3 is 2.68 bits per heavy atom. The van der Waals surface area contributed by atoms with E-state index in [2.05, 4.69) is 19.7 Å². The maximum absolute atomic E-state index is 11.5. The first-order valence-corrected chi connectivity index (χ1v) is 11.7. The molecule has 9 heteroatoms. The third-order valence-corrected chi connectivity index (χ3v) is 6.20. The average molecular weight is 383 g/mol. The van der Waals surface area contributed by atoms with E-state index >= 15 is 0 Å². The number of hydrogen-bond donors (Lipinski definition) is 0. The molecule has 0 radical (unpaired) electrons. The smallest absolute Gasteiger partial charge is 0.227 e. The second-order valence-corrected chi connectivity index (χ2v) is 10.2. The predicted molar refractivity (Wildman–Crippen MR) is 98.5 cm³/mol. The van der Waals surface area contributed by atoms with Crippen LogP contribution in [0.3, 0.4) is 0 Å². The molecule has 4 rings (SSSR count). The van der Waals surface area contributed by atoms with Gasteiger partial charge in [-0.05, 0) is 30.9 Å². The van der Waals surface area contributed by atoms with Crippen LogP contribution < -0.4 is 4.90 Å². The minimum Gasteiger partial charge on any atom is -0.457 e. The summed E-state index contributed by atoms with van der Waals surface area (Å²) in [5.74, 6) is 5.41. The third kappa shape index (κ3) is 4.03. The van der Waals surface area contributed by atoms with Gasteiger partial charge in [-0.15, -0.1) is 10.2 Å². The summed E-state index contributed by atoms with van der Waals surface area (Å²) in [6, 6.07) is 3.51. The van der Waals surface area contributed by atoms with Crippen LogP contribution in [0, 0.1) is 5.92 Å². The Hall–Kier alpha value is -1.48. The minimum atomic E-state index is -3.12. The SMILES string of the molecule is CS(=O)(=O)Cc1ccc(-c2nnc(N3CCSCC3)n2CC2CC2)o1. The van der Waals surface area contributed by atoms with Crippen LogP contribution in [0.5, 0.6) is 0 Å². The lowest BCUT2D eigenvalue weighted by molar-refractivity contribution is 0.522. The van der Waals surface area contributed by atoms with Gasteiger partial charge in [-0.2, -0.15) is 11.8 Å². The Morgan fingerprint density at radius 1 is 1.24 bits per heavy atom. The molecule has 1 aliphatic carbocycles. The molecule has 1 aliphatic heterocycles. The molecule has 2 aliphatic rings.